The highest BCUT2D eigenvalue weighted by Crippen LogP contribution is 2.25. The van der Waals surface area contributed by atoms with Crippen molar-refractivity contribution < 1.29 is 9.29 Å². The zero-order valence-electron chi connectivity index (χ0n) is 11.1. The van der Waals surface area contributed by atoms with Gasteiger partial charge in [-0.15, -0.1) is 0 Å². The van der Waals surface area contributed by atoms with Crippen LogP contribution in [0.15, 0.2) is 40.0 Å². The summed E-state index contributed by atoms with van der Waals surface area (Å²) in [5.74, 6) is 0.602. The van der Waals surface area contributed by atoms with Crippen molar-refractivity contribution in [1.29, 1.82) is 0 Å². The number of methoxy groups -OCH3 is 1. The van der Waals surface area contributed by atoms with Gasteiger partial charge in [0.05, 0.1) is 12.8 Å². The molecule has 0 radical (unpaired) electrons. The third-order valence-electron chi connectivity index (χ3n) is 2.64. The normalized spacial score (nSPS) is 12.6. The lowest BCUT2D eigenvalue weighted by Crippen LogP contribution is -2.05. The Hall–Kier alpha value is -2.05. The van der Waals surface area contributed by atoms with E-state index in [1.165, 1.54) is 6.07 Å². The van der Waals surface area contributed by atoms with Gasteiger partial charge >= 0.3 is 0 Å². The van der Waals surface area contributed by atoms with Crippen molar-refractivity contribution >= 4 is 23.3 Å². The van der Waals surface area contributed by atoms with Crippen LogP contribution in [0, 0.1) is 0 Å². The Bertz CT molecular complexity index is 660. The maximum absolute atomic E-state index is 11.6. The third-order valence-corrected chi connectivity index (χ3v) is 3.58. The van der Waals surface area contributed by atoms with Gasteiger partial charge in [0.25, 0.3) is 5.56 Å². The molecule has 0 fully saturated rings. The van der Waals surface area contributed by atoms with Crippen molar-refractivity contribution in [3.05, 3.63) is 51.9 Å². The summed E-state index contributed by atoms with van der Waals surface area (Å²) in [6.07, 6.45) is 5.20. The minimum atomic E-state index is -1.12. The maximum Gasteiger partial charge on any atom is 0.264 e. The molecule has 1 atom stereocenters. The van der Waals surface area contributed by atoms with Gasteiger partial charge in [0.1, 0.15) is 6.26 Å². The van der Waals surface area contributed by atoms with Crippen LogP contribution in [0.2, 0.25) is 0 Å². The second-order valence-corrected chi connectivity index (χ2v) is 5.39. The molecule has 0 aliphatic heterocycles. The highest BCUT2D eigenvalue weighted by Gasteiger charge is 2.12. The monoisotopic (exact) mass is 290 g/mol. The van der Waals surface area contributed by atoms with Crippen molar-refractivity contribution in [1.82, 2.24) is 10.2 Å². The number of hydrogen-bond donors (Lipinski definition) is 1. The lowest BCUT2D eigenvalue weighted by molar-refractivity contribution is 0.403. The number of nitrogens with one attached hydrogen (secondary N) is 1. The standard InChI is InChI=1S/C14H14N2O3S/c1-19-12-7-4-10(9-13(12)20(2)18)3-5-11-6-8-14(17)16-15-11/h3-9H,1-2H3,(H,16,17)/b5-3+. The Labute approximate surface area is 119 Å². The van der Waals surface area contributed by atoms with Crippen molar-refractivity contribution in [2.75, 3.05) is 13.4 Å². The largest absolute Gasteiger partial charge is 0.612 e. The summed E-state index contributed by atoms with van der Waals surface area (Å²) in [5, 5.41) is 6.23. The summed E-state index contributed by atoms with van der Waals surface area (Å²) in [4.78, 5) is 11.5. The molecule has 0 spiro atoms. The van der Waals surface area contributed by atoms with Gasteiger partial charge < -0.3 is 9.29 Å². The number of aromatic nitrogens is 2. The van der Waals surface area contributed by atoms with Gasteiger partial charge in [0.2, 0.25) is 0 Å². The molecule has 0 saturated carbocycles. The van der Waals surface area contributed by atoms with Crippen LogP contribution in [0.3, 0.4) is 0 Å². The van der Waals surface area contributed by atoms with Crippen LogP contribution in [0.4, 0.5) is 0 Å². The van der Waals surface area contributed by atoms with Gasteiger partial charge in [-0.05, 0) is 34.9 Å². The average molecular weight is 290 g/mol. The molecule has 1 heterocycles. The first-order chi connectivity index (χ1) is 9.60. The number of benzene rings is 1. The molecular formula is C14H14N2O3S. The Morgan fingerprint density at radius 2 is 2.10 bits per heavy atom. The first kappa shape index (κ1) is 14.4. The van der Waals surface area contributed by atoms with E-state index in [0.717, 1.165) is 5.56 Å². The third kappa shape index (κ3) is 3.49. The molecule has 1 N–H and O–H groups in total. The van der Waals surface area contributed by atoms with Crippen molar-refractivity contribution in [2.24, 2.45) is 0 Å². The Kier molecular flexibility index (Phi) is 4.60. The lowest BCUT2D eigenvalue weighted by atomic mass is 10.2. The second-order valence-electron chi connectivity index (χ2n) is 4.04. The van der Waals surface area contributed by atoms with E-state index in [4.69, 9.17) is 4.74 Å². The van der Waals surface area contributed by atoms with Gasteiger partial charge in [-0.3, -0.25) is 4.79 Å². The van der Waals surface area contributed by atoms with Crippen LogP contribution in [-0.4, -0.2) is 28.1 Å². The Balaban J connectivity index is 2.27. The smallest absolute Gasteiger partial charge is 0.264 e. The zero-order chi connectivity index (χ0) is 14.5. The zero-order valence-corrected chi connectivity index (χ0v) is 11.9. The van der Waals surface area contributed by atoms with E-state index < -0.39 is 11.2 Å². The van der Waals surface area contributed by atoms with E-state index in [-0.39, 0.29) is 5.56 Å². The van der Waals surface area contributed by atoms with Gasteiger partial charge in [-0.1, -0.05) is 12.1 Å². The highest BCUT2D eigenvalue weighted by molar-refractivity contribution is 7.90. The SMILES string of the molecule is COc1ccc(/C=C/c2ccc(=O)[nH]n2)cc1[S+](C)[O-]. The molecule has 0 saturated heterocycles. The molecular weight excluding hydrogens is 276 g/mol. The molecule has 0 amide bonds. The topological polar surface area (TPSA) is 78.0 Å². The molecule has 0 aliphatic rings. The number of hydrogen-bond acceptors (Lipinski definition) is 4. The molecule has 1 unspecified atom stereocenters. The first-order valence-electron chi connectivity index (χ1n) is 5.85. The van der Waals surface area contributed by atoms with E-state index >= 15 is 0 Å². The Morgan fingerprint density at radius 1 is 1.30 bits per heavy atom. The number of nitrogens with zero attached hydrogens (tertiary/aromatic N) is 1. The summed E-state index contributed by atoms with van der Waals surface area (Å²) >= 11 is -1.12. The van der Waals surface area contributed by atoms with E-state index in [1.54, 1.807) is 37.6 Å². The summed E-state index contributed by atoms with van der Waals surface area (Å²) in [6, 6.07) is 8.47. The van der Waals surface area contributed by atoms with E-state index in [9.17, 15) is 9.35 Å². The quantitative estimate of drug-likeness (QED) is 0.869. The molecule has 6 heteroatoms. The summed E-state index contributed by atoms with van der Waals surface area (Å²) < 4.78 is 16.8. The molecule has 1 aromatic carbocycles. The average Bonchev–Trinajstić information content (AvgIpc) is 2.46. The fourth-order valence-electron chi connectivity index (χ4n) is 1.65. The molecule has 2 aromatic rings. The number of ether oxygens (including phenoxy) is 1. The first-order valence-corrected chi connectivity index (χ1v) is 7.41. The van der Waals surface area contributed by atoms with Crippen LogP contribution >= 0.6 is 0 Å². The van der Waals surface area contributed by atoms with Crippen LogP contribution in [0.5, 0.6) is 5.75 Å². The van der Waals surface area contributed by atoms with Crippen molar-refractivity contribution in [3.8, 4) is 5.75 Å². The summed E-state index contributed by atoms with van der Waals surface area (Å²) in [6.45, 7) is 0. The second kappa shape index (κ2) is 6.40. The number of H-pyrrole nitrogens is 1. The fraction of sp³-hybridized carbons (Fsp3) is 0.143. The fourth-order valence-corrected chi connectivity index (χ4v) is 2.39. The molecule has 2 rings (SSSR count). The van der Waals surface area contributed by atoms with Crippen LogP contribution in [-0.2, 0) is 11.2 Å². The van der Waals surface area contributed by atoms with Crippen LogP contribution in [0.1, 0.15) is 11.3 Å². The van der Waals surface area contributed by atoms with Gasteiger partial charge in [0, 0.05) is 12.1 Å². The summed E-state index contributed by atoms with van der Waals surface area (Å²) in [7, 11) is 1.55. The van der Waals surface area contributed by atoms with Crippen molar-refractivity contribution in [2.45, 2.75) is 4.90 Å². The number of rotatable bonds is 4. The number of aromatic amines is 1. The van der Waals surface area contributed by atoms with Crippen LogP contribution < -0.4 is 10.3 Å². The summed E-state index contributed by atoms with van der Waals surface area (Å²) in [5.41, 5.74) is 1.28. The molecule has 0 aliphatic carbocycles. The molecule has 5 nitrogen and oxygen atoms in total. The van der Waals surface area contributed by atoms with Crippen molar-refractivity contribution in [3.63, 3.8) is 0 Å². The Morgan fingerprint density at radius 3 is 2.70 bits per heavy atom. The predicted molar refractivity (Wildman–Crippen MR) is 79.1 cm³/mol. The molecule has 1 aromatic heterocycles. The van der Waals surface area contributed by atoms with Crippen LogP contribution in [0.25, 0.3) is 12.2 Å². The molecule has 20 heavy (non-hydrogen) atoms. The van der Waals surface area contributed by atoms with E-state index in [0.29, 0.717) is 16.3 Å². The van der Waals surface area contributed by atoms with Gasteiger partial charge in [-0.2, -0.15) is 5.10 Å². The van der Waals surface area contributed by atoms with Gasteiger partial charge in [-0.25, -0.2) is 5.10 Å². The molecule has 104 valence electrons. The van der Waals surface area contributed by atoms with Gasteiger partial charge in [0.15, 0.2) is 10.6 Å². The van der Waals surface area contributed by atoms with E-state index in [1.807, 2.05) is 12.1 Å². The highest BCUT2D eigenvalue weighted by atomic mass is 32.2. The minimum absolute atomic E-state index is 0.240. The van der Waals surface area contributed by atoms with E-state index in [2.05, 4.69) is 10.2 Å². The predicted octanol–water partition coefficient (Wildman–Crippen LogP) is 1.69. The minimum Gasteiger partial charge on any atom is -0.612 e. The lowest BCUT2D eigenvalue weighted by Gasteiger charge is -2.09. The molecule has 0 bridgehead atoms. The maximum atomic E-state index is 11.6.